The van der Waals surface area contributed by atoms with Crippen molar-refractivity contribution in [1.29, 1.82) is 0 Å². The molecule has 3 nitrogen and oxygen atoms in total. The van der Waals surface area contributed by atoms with Gasteiger partial charge >= 0.3 is 5.97 Å². The Labute approximate surface area is 136 Å². The fraction of sp³-hybridized carbons (Fsp3) is 0.250. The molecule has 3 heteroatoms. The number of para-hydroxylation sites is 1. The summed E-state index contributed by atoms with van der Waals surface area (Å²) in [5, 5.41) is 1.29. The number of hydrogen-bond acceptors (Lipinski definition) is 2. The number of carbonyl (C=O) groups is 1. The average molecular weight is 307 g/mol. The minimum absolute atomic E-state index is 0.296. The van der Waals surface area contributed by atoms with Crippen LogP contribution < -0.4 is 0 Å². The first-order valence-corrected chi connectivity index (χ1v) is 7.98. The van der Waals surface area contributed by atoms with Gasteiger partial charge in [-0.15, -0.1) is 0 Å². The van der Waals surface area contributed by atoms with Crippen molar-refractivity contribution in [1.82, 2.24) is 4.98 Å². The molecule has 0 bridgehead atoms. The second kappa shape index (κ2) is 6.69. The maximum absolute atomic E-state index is 11.5. The van der Waals surface area contributed by atoms with Gasteiger partial charge in [-0.2, -0.15) is 0 Å². The number of fused-ring (bicyclic) bond motifs is 1. The maximum Gasteiger partial charge on any atom is 0.337 e. The number of carbonyl (C=O) groups excluding carboxylic acids is 1. The van der Waals surface area contributed by atoms with Gasteiger partial charge in [0.15, 0.2) is 0 Å². The fourth-order valence-corrected chi connectivity index (χ4v) is 3.00. The molecule has 1 aromatic heterocycles. The number of aryl methyl sites for hydroxylation is 1. The number of H-pyrrole nitrogens is 1. The molecule has 0 fully saturated rings. The number of aromatic amines is 1. The van der Waals surface area contributed by atoms with Crippen molar-refractivity contribution in [2.45, 2.75) is 26.2 Å². The zero-order valence-electron chi connectivity index (χ0n) is 13.6. The number of benzene rings is 2. The zero-order chi connectivity index (χ0) is 16.2. The number of aromatic nitrogens is 1. The van der Waals surface area contributed by atoms with Gasteiger partial charge in [-0.25, -0.2) is 4.79 Å². The highest BCUT2D eigenvalue weighted by molar-refractivity contribution is 5.89. The van der Waals surface area contributed by atoms with E-state index >= 15 is 0 Å². The van der Waals surface area contributed by atoms with Gasteiger partial charge in [0.25, 0.3) is 0 Å². The van der Waals surface area contributed by atoms with Gasteiger partial charge in [0.2, 0.25) is 0 Å². The Morgan fingerprint density at radius 2 is 1.83 bits per heavy atom. The summed E-state index contributed by atoms with van der Waals surface area (Å²) in [4.78, 5) is 15.1. The van der Waals surface area contributed by atoms with Crippen molar-refractivity contribution in [2.24, 2.45) is 0 Å². The molecule has 3 rings (SSSR count). The molecule has 0 aliphatic carbocycles. The second-order valence-electron chi connectivity index (χ2n) is 5.74. The molecule has 0 saturated carbocycles. The molecule has 23 heavy (non-hydrogen) atoms. The van der Waals surface area contributed by atoms with Crippen LogP contribution in [-0.4, -0.2) is 18.1 Å². The quantitative estimate of drug-likeness (QED) is 0.705. The van der Waals surface area contributed by atoms with E-state index in [-0.39, 0.29) is 5.97 Å². The number of rotatable bonds is 5. The maximum atomic E-state index is 11.5. The van der Waals surface area contributed by atoms with Crippen molar-refractivity contribution >= 4 is 16.9 Å². The highest BCUT2D eigenvalue weighted by Gasteiger charge is 2.12. The van der Waals surface area contributed by atoms with E-state index in [1.165, 1.54) is 34.8 Å². The third kappa shape index (κ3) is 3.14. The summed E-state index contributed by atoms with van der Waals surface area (Å²) in [6.45, 7) is 2.19. The highest BCUT2D eigenvalue weighted by Crippen LogP contribution is 2.26. The van der Waals surface area contributed by atoms with Crippen LogP contribution in [-0.2, 0) is 17.6 Å². The molecule has 118 valence electrons. The van der Waals surface area contributed by atoms with E-state index in [0.29, 0.717) is 5.56 Å². The fourth-order valence-electron chi connectivity index (χ4n) is 3.00. The Kier molecular flexibility index (Phi) is 4.47. The largest absolute Gasteiger partial charge is 0.465 e. The Morgan fingerprint density at radius 3 is 2.52 bits per heavy atom. The third-order valence-electron chi connectivity index (χ3n) is 4.16. The number of hydrogen-bond donors (Lipinski definition) is 1. The molecule has 0 aliphatic rings. The van der Waals surface area contributed by atoms with E-state index < -0.39 is 0 Å². The molecule has 3 aromatic rings. The number of methoxy groups -OCH3 is 1. The van der Waals surface area contributed by atoms with Gasteiger partial charge in [-0.05, 0) is 42.2 Å². The molecule has 0 spiro atoms. The van der Waals surface area contributed by atoms with Crippen LogP contribution in [0.1, 0.15) is 40.5 Å². The molecule has 0 saturated heterocycles. The summed E-state index contributed by atoms with van der Waals surface area (Å²) in [6, 6.07) is 16.1. The molecule has 2 aromatic carbocycles. The molecular weight excluding hydrogens is 286 g/mol. The normalized spacial score (nSPS) is 10.9. The van der Waals surface area contributed by atoms with Gasteiger partial charge < -0.3 is 9.72 Å². The van der Waals surface area contributed by atoms with Crippen molar-refractivity contribution in [2.75, 3.05) is 7.11 Å². The summed E-state index contributed by atoms with van der Waals surface area (Å²) in [5.74, 6) is -0.296. The summed E-state index contributed by atoms with van der Waals surface area (Å²) < 4.78 is 4.75. The van der Waals surface area contributed by atoms with E-state index in [1.54, 1.807) is 0 Å². The Balaban J connectivity index is 1.94. The third-order valence-corrected chi connectivity index (χ3v) is 4.16. The van der Waals surface area contributed by atoms with Gasteiger partial charge in [-0.1, -0.05) is 43.7 Å². The second-order valence-corrected chi connectivity index (χ2v) is 5.74. The molecule has 1 N–H and O–H groups in total. The highest BCUT2D eigenvalue weighted by atomic mass is 16.5. The summed E-state index contributed by atoms with van der Waals surface area (Å²) in [6.07, 6.45) is 3.02. The minimum atomic E-state index is -0.296. The molecule has 0 unspecified atom stereocenters. The Bertz CT molecular complexity index is 815. The lowest BCUT2D eigenvalue weighted by atomic mass is 9.99. The van der Waals surface area contributed by atoms with Crippen molar-refractivity contribution in [3.63, 3.8) is 0 Å². The summed E-state index contributed by atoms with van der Waals surface area (Å²) >= 11 is 0. The topological polar surface area (TPSA) is 42.1 Å². The lowest BCUT2D eigenvalue weighted by Crippen LogP contribution is -2.01. The summed E-state index contributed by atoms with van der Waals surface area (Å²) in [7, 11) is 1.40. The van der Waals surface area contributed by atoms with Crippen molar-refractivity contribution in [3.8, 4) is 0 Å². The predicted octanol–water partition coefficient (Wildman–Crippen LogP) is 4.50. The van der Waals surface area contributed by atoms with Gasteiger partial charge in [0.05, 0.1) is 12.7 Å². The predicted molar refractivity (Wildman–Crippen MR) is 92.9 cm³/mol. The summed E-state index contributed by atoms with van der Waals surface area (Å²) in [5.41, 5.74) is 5.64. The Hall–Kier alpha value is -2.55. The molecular formula is C20H21NO2. The van der Waals surface area contributed by atoms with Crippen LogP contribution in [0.2, 0.25) is 0 Å². The van der Waals surface area contributed by atoms with Gasteiger partial charge in [-0.3, -0.25) is 0 Å². The van der Waals surface area contributed by atoms with E-state index in [0.717, 1.165) is 19.3 Å². The van der Waals surface area contributed by atoms with Crippen LogP contribution in [0.3, 0.4) is 0 Å². The smallest absolute Gasteiger partial charge is 0.337 e. The first kappa shape index (κ1) is 15.3. The first-order valence-electron chi connectivity index (χ1n) is 7.98. The zero-order valence-corrected chi connectivity index (χ0v) is 13.6. The van der Waals surface area contributed by atoms with Gasteiger partial charge in [0.1, 0.15) is 0 Å². The van der Waals surface area contributed by atoms with Gasteiger partial charge in [0, 0.05) is 16.6 Å². The van der Waals surface area contributed by atoms with Crippen LogP contribution in [0.5, 0.6) is 0 Å². The number of ether oxygens (including phenoxy) is 1. The SMILES string of the molecule is CCCc1[nH]c2ccccc2c1Cc1ccc(C(=O)OC)cc1. The Morgan fingerprint density at radius 1 is 1.09 bits per heavy atom. The molecule has 0 atom stereocenters. The van der Waals surface area contributed by atoms with E-state index in [1.807, 2.05) is 24.3 Å². The van der Waals surface area contributed by atoms with Crippen molar-refractivity contribution in [3.05, 3.63) is 70.9 Å². The number of nitrogens with one attached hydrogen (secondary N) is 1. The monoisotopic (exact) mass is 307 g/mol. The van der Waals surface area contributed by atoms with Crippen LogP contribution in [0.15, 0.2) is 48.5 Å². The van der Waals surface area contributed by atoms with E-state index in [9.17, 15) is 4.79 Å². The first-order chi connectivity index (χ1) is 11.2. The molecule has 0 amide bonds. The lowest BCUT2D eigenvalue weighted by molar-refractivity contribution is 0.0600. The number of esters is 1. The standard InChI is InChI=1S/C20H21NO2/c1-3-6-18-17(16-7-4-5-8-19(16)21-18)13-14-9-11-15(12-10-14)20(22)23-2/h4-5,7-12,21H,3,6,13H2,1-2H3. The van der Waals surface area contributed by atoms with E-state index in [4.69, 9.17) is 4.74 Å². The van der Waals surface area contributed by atoms with Crippen LogP contribution >= 0.6 is 0 Å². The van der Waals surface area contributed by atoms with Crippen LogP contribution in [0.25, 0.3) is 10.9 Å². The van der Waals surface area contributed by atoms with E-state index in [2.05, 4.69) is 36.2 Å². The lowest BCUT2D eigenvalue weighted by Gasteiger charge is -2.06. The molecule has 1 heterocycles. The molecule has 0 aliphatic heterocycles. The molecule has 0 radical (unpaired) electrons. The van der Waals surface area contributed by atoms with Crippen LogP contribution in [0.4, 0.5) is 0 Å². The average Bonchev–Trinajstić information content (AvgIpc) is 2.93. The minimum Gasteiger partial charge on any atom is -0.465 e. The van der Waals surface area contributed by atoms with Crippen molar-refractivity contribution < 1.29 is 9.53 Å². The van der Waals surface area contributed by atoms with Crippen LogP contribution in [0, 0.1) is 0 Å².